The molecular formula is C13H12N4O3S. The second-order valence-corrected chi connectivity index (χ2v) is 6.49. The minimum atomic E-state index is -3.29. The first kappa shape index (κ1) is 13.5. The van der Waals surface area contributed by atoms with Gasteiger partial charge in [-0.1, -0.05) is 0 Å². The highest BCUT2D eigenvalue weighted by atomic mass is 32.2. The van der Waals surface area contributed by atoms with Crippen molar-refractivity contribution in [1.82, 2.24) is 19.9 Å². The van der Waals surface area contributed by atoms with E-state index in [2.05, 4.69) is 19.9 Å². The van der Waals surface area contributed by atoms with E-state index >= 15 is 0 Å². The van der Waals surface area contributed by atoms with Crippen molar-refractivity contribution in [3.8, 4) is 17.1 Å². The van der Waals surface area contributed by atoms with Crippen LogP contribution < -0.4 is 4.74 Å². The zero-order chi connectivity index (χ0) is 15.0. The van der Waals surface area contributed by atoms with E-state index in [1.54, 1.807) is 12.3 Å². The average Bonchev–Trinajstić information content (AvgIpc) is 2.89. The molecule has 0 aliphatic rings. The van der Waals surface area contributed by atoms with Gasteiger partial charge < -0.3 is 9.72 Å². The number of methoxy groups -OCH3 is 1. The van der Waals surface area contributed by atoms with Crippen LogP contribution in [-0.4, -0.2) is 41.7 Å². The van der Waals surface area contributed by atoms with Crippen LogP contribution >= 0.6 is 0 Å². The molecular weight excluding hydrogens is 292 g/mol. The minimum Gasteiger partial charge on any atom is -0.496 e. The first-order valence-electron chi connectivity index (χ1n) is 6.03. The van der Waals surface area contributed by atoms with Crippen LogP contribution in [0.5, 0.6) is 5.75 Å². The number of ether oxygens (including phenoxy) is 1. The minimum absolute atomic E-state index is 0.194. The molecule has 0 spiro atoms. The Kier molecular flexibility index (Phi) is 3.09. The molecule has 8 heteroatoms. The fourth-order valence-electron chi connectivity index (χ4n) is 1.99. The number of aromatic amines is 1. The SMILES string of the molecule is COc1cc(S(C)(=O)=O)ccc1-c1nc2cncnc2[nH]1. The summed E-state index contributed by atoms with van der Waals surface area (Å²) >= 11 is 0. The summed E-state index contributed by atoms with van der Waals surface area (Å²) < 4.78 is 28.5. The van der Waals surface area contributed by atoms with Gasteiger partial charge in [-0.05, 0) is 18.2 Å². The van der Waals surface area contributed by atoms with Gasteiger partial charge in [-0.15, -0.1) is 0 Å². The standard InChI is InChI=1S/C13H12N4O3S/c1-20-11-5-8(21(2,18)19)3-4-9(11)12-16-10-6-14-7-15-13(10)17-12/h3-7H,1-2H3,(H,14,15,16,17). The molecule has 1 aromatic carbocycles. The predicted molar refractivity (Wildman–Crippen MR) is 76.8 cm³/mol. The number of fused-ring (bicyclic) bond motifs is 1. The Morgan fingerprint density at radius 3 is 2.76 bits per heavy atom. The smallest absolute Gasteiger partial charge is 0.175 e. The summed E-state index contributed by atoms with van der Waals surface area (Å²) in [5.74, 6) is 0.965. The van der Waals surface area contributed by atoms with E-state index in [9.17, 15) is 8.42 Å². The maximum atomic E-state index is 11.6. The zero-order valence-corrected chi connectivity index (χ0v) is 12.2. The zero-order valence-electron chi connectivity index (χ0n) is 11.4. The Labute approximate surface area is 121 Å². The summed E-state index contributed by atoms with van der Waals surface area (Å²) in [5, 5.41) is 0. The summed E-state index contributed by atoms with van der Waals surface area (Å²) in [6.45, 7) is 0. The molecule has 0 amide bonds. The number of hydrogen-bond acceptors (Lipinski definition) is 6. The summed E-state index contributed by atoms with van der Waals surface area (Å²) in [5.41, 5.74) is 1.89. The van der Waals surface area contributed by atoms with E-state index in [-0.39, 0.29) is 4.90 Å². The van der Waals surface area contributed by atoms with Crippen LogP contribution in [0, 0.1) is 0 Å². The average molecular weight is 304 g/mol. The molecule has 108 valence electrons. The first-order chi connectivity index (χ1) is 9.99. The second kappa shape index (κ2) is 4.81. The van der Waals surface area contributed by atoms with Crippen LogP contribution in [-0.2, 0) is 9.84 Å². The van der Waals surface area contributed by atoms with Crippen molar-refractivity contribution in [2.75, 3.05) is 13.4 Å². The highest BCUT2D eigenvalue weighted by molar-refractivity contribution is 7.90. The van der Waals surface area contributed by atoms with Gasteiger partial charge in [-0.25, -0.2) is 23.4 Å². The lowest BCUT2D eigenvalue weighted by atomic mass is 10.2. The third kappa shape index (κ3) is 2.45. The lowest BCUT2D eigenvalue weighted by Gasteiger charge is -2.08. The van der Waals surface area contributed by atoms with E-state index in [1.165, 1.54) is 25.6 Å². The highest BCUT2D eigenvalue weighted by Crippen LogP contribution is 2.31. The number of nitrogens with zero attached hydrogens (tertiary/aromatic N) is 3. The van der Waals surface area contributed by atoms with E-state index in [1.807, 2.05) is 0 Å². The van der Waals surface area contributed by atoms with Crippen molar-refractivity contribution in [1.29, 1.82) is 0 Å². The molecule has 0 radical (unpaired) electrons. The van der Waals surface area contributed by atoms with Crippen molar-refractivity contribution in [3.63, 3.8) is 0 Å². The predicted octanol–water partition coefficient (Wildman–Crippen LogP) is 1.43. The van der Waals surface area contributed by atoms with Crippen molar-refractivity contribution in [2.45, 2.75) is 4.90 Å². The maximum absolute atomic E-state index is 11.6. The van der Waals surface area contributed by atoms with Crippen LogP contribution in [0.1, 0.15) is 0 Å². The van der Waals surface area contributed by atoms with Gasteiger partial charge in [0.1, 0.15) is 23.4 Å². The fourth-order valence-corrected chi connectivity index (χ4v) is 2.62. The maximum Gasteiger partial charge on any atom is 0.175 e. The van der Waals surface area contributed by atoms with Crippen LogP contribution in [0.15, 0.2) is 35.6 Å². The van der Waals surface area contributed by atoms with E-state index in [0.29, 0.717) is 28.3 Å². The summed E-state index contributed by atoms with van der Waals surface area (Å²) in [6, 6.07) is 4.65. The molecule has 0 bridgehead atoms. The number of rotatable bonds is 3. The van der Waals surface area contributed by atoms with E-state index in [0.717, 1.165) is 6.26 Å². The number of sulfone groups is 1. The van der Waals surface area contributed by atoms with E-state index < -0.39 is 9.84 Å². The molecule has 3 aromatic rings. The molecule has 2 aromatic heterocycles. The van der Waals surface area contributed by atoms with Crippen LogP contribution in [0.4, 0.5) is 0 Å². The van der Waals surface area contributed by atoms with Crippen molar-refractivity contribution in [3.05, 3.63) is 30.7 Å². The quantitative estimate of drug-likeness (QED) is 0.786. The normalized spacial score (nSPS) is 11.7. The van der Waals surface area contributed by atoms with Gasteiger partial charge >= 0.3 is 0 Å². The van der Waals surface area contributed by atoms with Gasteiger partial charge in [0.2, 0.25) is 0 Å². The molecule has 0 aliphatic carbocycles. The summed E-state index contributed by atoms with van der Waals surface area (Å²) in [7, 11) is -1.81. The third-order valence-corrected chi connectivity index (χ3v) is 4.13. The molecule has 2 heterocycles. The van der Waals surface area contributed by atoms with Crippen LogP contribution in [0.2, 0.25) is 0 Å². The van der Waals surface area contributed by atoms with Crippen LogP contribution in [0.25, 0.3) is 22.6 Å². The van der Waals surface area contributed by atoms with Crippen molar-refractivity contribution in [2.24, 2.45) is 0 Å². The third-order valence-electron chi connectivity index (χ3n) is 3.02. The lowest BCUT2D eigenvalue weighted by Crippen LogP contribution is -1.99. The monoisotopic (exact) mass is 304 g/mol. The van der Waals surface area contributed by atoms with E-state index in [4.69, 9.17) is 4.74 Å². The number of benzene rings is 1. The molecule has 21 heavy (non-hydrogen) atoms. The molecule has 0 aliphatic heterocycles. The molecule has 0 saturated carbocycles. The highest BCUT2D eigenvalue weighted by Gasteiger charge is 2.15. The van der Waals surface area contributed by atoms with Gasteiger partial charge in [0.25, 0.3) is 0 Å². The van der Waals surface area contributed by atoms with Gasteiger partial charge in [0.05, 0.1) is 23.8 Å². The Hall–Kier alpha value is -2.48. The van der Waals surface area contributed by atoms with Crippen LogP contribution in [0.3, 0.4) is 0 Å². The Bertz CT molecular complexity index is 885. The van der Waals surface area contributed by atoms with Gasteiger partial charge in [0.15, 0.2) is 15.5 Å². The summed E-state index contributed by atoms with van der Waals surface area (Å²) in [4.78, 5) is 15.6. The lowest BCUT2D eigenvalue weighted by molar-refractivity contribution is 0.415. The Balaban J connectivity index is 2.17. The van der Waals surface area contributed by atoms with Crippen molar-refractivity contribution >= 4 is 21.0 Å². The first-order valence-corrected chi connectivity index (χ1v) is 7.92. The number of nitrogens with one attached hydrogen (secondary N) is 1. The number of hydrogen-bond donors (Lipinski definition) is 1. The number of H-pyrrole nitrogens is 1. The van der Waals surface area contributed by atoms with Gasteiger partial charge in [-0.3, -0.25) is 0 Å². The molecule has 0 unspecified atom stereocenters. The van der Waals surface area contributed by atoms with Gasteiger partial charge in [0, 0.05) is 6.26 Å². The molecule has 1 N–H and O–H groups in total. The molecule has 0 fully saturated rings. The fraction of sp³-hybridized carbons (Fsp3) is 0.154. The summed E-state index contributed by atoms with van der Waals surface area (Å²) in [6.07, 6.45) is 4.17. The second-order valence-electron chi connectivity index (χ2n) is 4.48. The largest absolute Gasteiger partial charge is 0.496 e. The molecule has 7 nitrogen and oxygen atoms in total. The van der Waals surface area contributed by atoms with Crippen molar-refractivity contribution < 1.29 is 13.2 Å². The number of aromatic nitrogens is 4. The Morgan fingerprint density at radius 1 is 1.29 bits per heavy atom. The number of imidazole rings is 1. The molecule has 0 saturated heterocycles. The Morgan fingerprint density at radius 2 is 2.10 bits per heavy atom. The topological polar surface area (TPSA) is 97.8 Å². The molecule has 3 rings (SSSR count). The molecule has 0 atom stereocenters. The van der Waals surface area contributed by atoms with Gasteiger partial charge in [-0.2, -0.15) is 0 Å².